The largest absolute Gasteiger partial charge is 0.379 e. The summed E-state index contributed by atoms with van der Waals surface area (Å²) in [5, 5.41) is 3.09. The number of nitrogens with zero attached hydrogens (tertiary/aromatic N) is 3. The molecule has 1 fully saturated rings. The van der Waals surface area contributed by atoms with E-state index in [9.17, 15) is 4.79 Å². The molecule has 1 heterocycles. The normalized spacial score (nSPS) is 15.6. The molecule has 0 aromatic heterocycles. The maximum absolute atomic E-state index is 12.8. The van der Waals surface area contributed by atoms with Gasteiger partial charge >= 0.3 is 6.03 Å². The lowest BCUT2D eigenvalue weighted by Gasteiger charge is -2.32. The average molecular weight is 363 g/mol. The zero-order chi connectivity index (χ0) is 19.2. The molecule has 2 rings (SSSR count). The van der Waals surface area contributed by atoms with Crippen molar-refractivity contribution in [3.63, 3.8) is 0 Å². The fraction of sp³-hybridized carbons (Fsp3) is 0.650. The Balaban J connectivity index is 2.02. The number of anilines is 1. The molecule has 6 heteroatoms. The predicted octanol–water partition coefficient (Wildman–Crippen LogP) is 2.39. The van der Waals surface area contributed by atoms with Crippen molar-refractivity contribution in [3.05, 3.63) is 29.8 Å². The van der Waals surface area contributed by atoms with E-state index in [-0.39, 0.29) is 11.6 Å². The molecule has 0 spiro atoms. The second kappa shape index (κ2) is 9.24. The monoisotopic (exact) mass is 362 g/mol. The zero-order valence-electron chi connectivity index (χ0n) is 16.9. The minimum Gasteiger partial charge on any atom is -0.379 e. The molecule has 1 aliphatic rings. The van der Waals surface area contributed by atoms with Crippen molar-refractivity contribution in [1.82, 2.24) is 15.1 Å². The summed E-state index contributed by atoms with van der Waals surface area (Å²) >= 11 is 0. The molecule has 2 amide bonds. The van der Waals surface area contributed by atoms with Crippen molar-refractivity contribution < 1.29 is 9.53 Å². The van der Waals surface area contributed by atoms with E-state index < -0.39 is 0 Å². The molecule has 146 valence electrons. The van der Waals surface area contributed by atoms with Gasteiger partial charge in [0.2, 0.25) is 0 Å². The summed E-state index contributed by atoms with van der Waals surface area (Å²) in [6, 6.07) is 8.37. The molecule has 6 nitrogen and oxygen atoms in total. The maximum atomic E-state index is 12.8. The molecule has 0 atom stereocenters. The number of morpholine rings is 1. The topological polar surface area (TPSA) is 48.1 Å². The number of carbonyl (C=O) groups excluding carboxylic acids is 1. The lowest BCUT2D eigenvalue weighted by atomic mass is 10.1. The SMILES string of the molecule is CN(C)c1ccc(CN(CCN2CCOCC2)C(=O)NC(C)(C)C)cc1. The highest BCUT2D eigenvalue weighted by Gasteiger charge is 2.21. The Bertz CT molecular complexity index is 560. The number of nitrogens with one attached hydrogen (secondary N) is 1. The van der Waals surface area contributed by atoms with Crippen LogP contribution >= 0.6 is 0 Å². The van der Waals surface area contributed by atoms with Crippen LogP contribution in [0.4, 0.5) is 10.5 Å². The van der Waals surface area contributed by atoms with Gasteiger partial charge in [0.15, 0.2) is 0 Å². The van der Waals surface area contributed by atoms with E-state index in [2.05, 4.69) is 39.4 Å². The first-order chi connectivity index (χ1) is 12.2. The molecule has 1 aliphatic heterocycles. The van der Waals surface area contributed by atoms with Crippen molar-refractivity contribution in [1.29, 1.82) is 0 Å². The third kappa shape index (κ3) is 6.84. The molecule has 0 bridgehead atoms. The number of hydrogen-bond donors (Lipinski definition) is 1. The minimum absolute atomic E-state index is 0.0116. The molecule has 0 aliphatic carbocycles. The van der Waals surface area contributed by atoms with E-state index in [0.29, 0.717) is 13.1 Å². The number of carbonyl (C=O) groups is 1. The number of rotatable bonds is 6. The molecule has 0 radical (unpaired) electrons. The summed E-state index contributed by atoms with van der Waals surface area (Å²) < 4.78 is 5.41. The second-order valence-corrected chi connectivity index (χ2v) is 8.12. The Labute approximate surface area is 158 Å². The first-order valence-electron chi connectivity index (χ1n) is 9.38. The Kier molecular flexibility index (Phi) is 7.29. The molecule has 1 aromatic carbocycles. The van der Waals surface area contributed by atoms with Gasteiger partial charge in [-0.25, -0.2) is 4.79 Å². The zero-order valence-corrected chi connectivity index (χ0v) is 16.9. The van der Waals surface area contributed by atoms with Crippen LogP contribution in [0, 0.1) is 0 Å². The van der Waals surface area contributed by atoms with E-state index in [4.69, 9.17) is 4.74 Å². The quantitative estimate of drug-likeness (QED) is 0.844. The Morgan fingerprint density at radius 3 is 2.31 bits per heavy atom. The van der Waals surface area contributed by atoms with Gasteiger partial charge in [0.25, 0.3) is 0 Å². The molecule has 26 heavy (non-hydrogen) atoms. The second-order valence-electron chi connectivity index (χ2n) is 8.12. The Morgan fingerprint density at radius 2 is 1.77 bits per heavy atom. The standard InChI is InChI=1S/C20H34N4O2/c1-20(2,3)21-19(25)24(11-10-23-12-14-26-15-13-23)16-17-6-8-18(9-7-17)22(4)5/h6-9H,10-16H2,1-5H3,(H,21,25). The van der Waals surface area contributed by atoms with E-state index in [1.54, 1.807) is 0 Å². The lowest BCUT2D eigenvalue weighted by Crippen LogP contribution is -2.50. The summed E-state index contributed by atoms with van der Waals surface area (Å²) in [7, 11) is 4.06. The number of hydrogen-bond acceptors (Lipinski definition) is 4. The average Bonchev–Trinajstić information content (AvgIpc) is 2.58. The third-order valence-corrected chi connectivity index (χ3v) is 4.39. The number of benzene rings is 1. The molecule has 1 saturated heterocycles. The van der Waals surface area contributed by atoms with Crippen LogP contribution in [0.2, 0.25) is 0 Å². The summed E-state index contributed by atoms with van der Waals surface area (Å²) in [6.45, 7) is 11.7. The summed E-state index contributed by atoms with van der Waals surface area (Å²) in [5.41, 5.74) is 2.05. The van der Waals surface area contributed by atoms with Crippen LogP contribution in [0.1, 0.15) is 26.3 Å². The maximum Gasteiger partial charge on any atom is 0.318 e. The predicted molar refractivity (Wildman–Crippen MR) is 107 cm³/mol. The van der Waals surface area contributed by atoms with Gasteiger partial charge < -0.3 is 19.9 Å². The van der Waals surface area contributed by atoms with Crippen LogP contribution in [0.25, 0.3) is 0 Å². The van der Waals surface area contributed by atoms with Crippen LogP contribution in [-0.4, -0.2) is 74.9 Å². The lowest BCUT2D eigenvalue weighted by molar-refractivity contribution is 0.0345. The summed E-state index contributed by atoms with van der Waals surface area (Å²) in [6.07, 6.45) is 0. The van der Waals surface area contributed by atoms with Crippen LogP contribution in [0.15, 0.2) is 24.3 Å². The molecular formula is C20H34N4O2. The first-order valence-corrected chi connectivity index (χ1v) is 9.38. The van der Waals surface area contributed by atoms with Crippen molar-refractivity contribution in [2.45, 2.75) is 32.9 Å². The van der Waals surface area contributed by atoms with Crippen molar-refractivity contribution in [2.24, 2.45) is 0 Å². The van der Waals surface area contributed by atoms with Gasteiger partial charge in [-0.2, -0.15) is 0 Å². The number of ether oxygens (including phenoxy) is 1. The smallest absolute Gasteiger partial charge is 0.318 e. The van der Waals surface area contributed by atoms with Gasteiger partial charge in [-0.05, 0) is 38.5 Å². The van der Waals surface area contributed by atoms with E-state index in [1.807, 2.05) is 39.8 Å². The molecule has 1 N–H and O–H groups in total. The number of amides is 2. The van der Waals surface area contributed by atoms with Gasteiger partial charge in [0, 0.05) is 58.0 Å². The van der Waals surface area contributed by atoms with Gasteiger partial charge in [-0.1, -0.05) is 12.1 Å². The fourth-order valence-electron chi connectivity index (χ4n) is 2.86. The molecule has 1 aromatic rings. The first kappa shape index (κ1) is 20.5. The Hall–Kier alpha value is -1.79. The molecular weight excluding hydrogens is 328 g/mol. The van der Waals surface area contributed by atoms with Crippen molar-refractivity contribution in [3.8, 4) is 0 Å². The van der Waals surface area contributed by atoms with E-state index in [1.165, 1.54) is 0 Å². The van der Waals surface area contributed by atoms with E-state index >= 15 is 0 Å². The van der Waals surface area contributed by atoms with Gasteiger partial charge in [-0.3, -0.25) is 4.90 Å². The highest BCUT2D eigenvalue weighted by atomic mass is 16.5. The van der Waals surface area contributed by atoms with Gasteiger partial charge in [0.1, 0.15) is 0 Å². The number of urea groups is 1. The van der Waals surface area contributed by atoms with Gasteiger partial charge in [-0.15, -0.1) is 0 Å². The van der Waals surface area contributed by atoms with Crippen LogP contribution in [0.5, 0.6) is 0 Å². The van der Waals surface area contributed by atoms with Crippen LogP contribution in [0.3, 0.4) is 0 Å². The van der Waals surface area contributed by atoms with Crippen molar-refractivity contribution >= 4 is 11.7 Å². The highest BCUT2D eigenvalue weighted by Crippen LogP contribution is 2.14. The van der Waals surface area contributed by atoms with Crippen molar-refractivity contribution in [2.75, 3.05) is 58.4 Å². The fourth-order valence-corrected chi connectivity index (χ4v) is 2.86. The van der Waals surface area contributed by atoms with E-state index in [0.717, 1.165) is 44.1 Å². The molecule has 0 unspecified atom stereocenters. The minimum atomic E-state index is -0.247. The summed E-state index contributed by atoms with van der Waals surface area (Å²) in [5.74, 6) is 0. The third-order valence-electron chi connectivity index (χ3n) is 4.39. The summed E-state index contributed by atoms with van der Waals surface area (Å²) in [4.78, 5) is 19.1. The van der Waals surface area contributed by atoms with Crippen LogP contribution in [-0.2, 0) is 11.3 Å². The molecule has 0 saturated carbocycles. The highest BCUT2D eigenvalue weighted by molar-refractivity contribution is 5.75. The van der Waals surface area contributed by atoms with Gasteiger partial charge in [0.05, 0.1) is 13.2 Å². The Morgan fingerprint density at radius 1 is 1.15 bits per heavy atom. The van der Waals surface area contributed by atoms with Crippen LogP contribution < -0.4 is 10.2 Å².